The smallest absolute Gasteiger partial charge is 0.328 e. The molecule has 1 aromatic carbocycles. The summed E-state index contributed by atoms with van der Waals surface area (Å²) < 4.78 is 5.19. The van der Waals surface area contributed by atoms with Gasteiger partial charge < -0.3 is 20.3 Å². The standard InChI is InChI=1S/C16H23NO5/c1-10-9-12(7-8-13(10)22-3)5-4-6-14(19)17-15(11(2)18)16(20)21/h7-9,11,15,18H,4-6H2,1-3H3,(H,17,19)(H,20,21). The molecule has 0 fully saturated rings. The van der Waals surface area contributed by atoms with Crippen LogP contribution in [0.3, 0.4) is 0 Å². The van der Waals surface area contributed by atoms with E-state index in [0.29, 0.717) is 12.8 Å². The predicted molar refractivity (Wildman–Crippen MR) is 81.9 cm³/mol. The van der Waals surface area contributed by atoms with Crippen molar-refractivity contribution in [2.75, 3.05) is 7.11 Å². The molecule has 0 saturated carbocycles. The second-order valence-electron chi connectivity index (χ2n) is 5.28. The Labute approximate surface area is 130 Å². The number of aliphatic hydroxyl groups is 1. The summed E-state index contributed by atoms with van der Waals surface area (Å²) in [6, 6.07) is 4.57. The molecule has 0 aliphatic heterocycles. The van der Waals surface area contributed by atoms with Crippen molar-refractivity contribution in [3.63, 3.8) is 0 Å². The first-order valence-corrected chi connectivity index (χ1v) is 7.19. The fourth-order valence-electron chi connectivity index (χ4n) is 2.18. The van der Waals surface area contributed by atoms with E-state index in [9.17, 15) is 14.7 Å². The molecule has 0 bridgehead atoms. The lowest BCUT2D eigenvalue weighted by Crippen LogP contribution is -2.47. The molecule has 6 heteroatoms. The minimum absolute atomic E-state index is 0.210. The Bertz CT molecular complexity index is 527. The van der Waals surface area contributed by atoms with E-state index < -0.39 is 18.1 Å². The van der Waals surface area contributed by atoms with Crippen molar-refractivity contribution in [3.05, 3.63) is 29.3 Å². The second kappa shape index (κ2) is 8.38. The fourth-order valence-corrected chi connectivity index (χ4v) is 2.18. The number of hydrogen-bond acceptors (Lipinski definition) is 4. The molecule has 0 spiro atoms. The van der Waals surface area contributed by atoms with Crippen LogP contribution < -0.4 is 10.1 Å². The van der Waals surface area contributed by atoms with Crippen LogP contribution in [-0.2, 0) is 16.0 Å². The van der Waals surface area contributed by atoms with Gasteiger partial charge in [0.15, 0.2) is 6.04 Å². The van der Waals surface area contributed by atoms with Crippen LogP contribution in [0.1, 0.15) is 30.9 Å². The van der Waals surface area contributed by atoms with Crippen LogP contribution in [0.15, 0.2) is 18.2 Å². The van der Waals surface area contributed by atoms with Crippen molar-refractivity contribution in [1.82, 2.24) is 5.32 Å². The maximum Gasteiger partial charge on any atom is 0.328 e. The van der Waals surface area contributed by atoms with Gasteiger partial charge in [-0.15, -0.1) is 0 Å². The number of aryl methyl sites for hydroxylation is 2. The van der Waals surface area contributed by atoms with Gasteiger partial charge in [0.2, 0.25) is 5.91 Å². The Morgan fingerprint density at radius 2 is 2.05 bits per heavy atom. The van der Waals surface area contributed by atoms with Crippen LogP contribution in [0.2, 0.25) is 0 Å². The quantitative estimate of drug-likeness (QED) is 0.672. The molecule has 0 saturated heterocycles. The SMILES string of the molecule is COc1ccc(CCCC(=O)NC(C(=O)O)C(C)O)cc1C. The first-order chi connectivity index (χ1) is 10.3. The number of ether oxygens (including phenoxy) is 1. The third kappa shape index (κ3) is 5.37. The Hall–Kier alpha value is -2.08. The highest BCUT2D eigenvalue weighted by Gasteiger charge is 2.24. The Morgan fingerprint density at radius 1 is 1.36 bits per heavy atom. The zero-order valence-electron chi connectivity index (χ0n) is 13.1. The highest BCUT2D eigenvalue weighted by Crippen LogP contribution is 2.19. The zero-order valence-corrected chi connectivity index (χ0v) is 13.1. The maximum absolute atomic E-state index is 11.7. The number of rotatable bonds is 8. The molecule has 122 valence electrons. The molecule has 0 aliphatic rings. The molecular formula is C16H23NO5. The van der Waals surface area contributed by atoms with Crippen LogP contribution in [0, 0.1) is 6.92 Å². The van der Waals surface area contributed by atoms with Crippen molar-refractivity contribution >= 4 is 11.9 Å². The van der Waals surface area contributed by atoms with Crippen molar-refractivity contribution in [2.45, 2.75) is 45.3 Å². The van der Waals surface area contributed by atoms with Crippen molar-refractivity contribution in [2.24, 2.45) is 0 Å². The van der Waals surface area contributed by atoms with Crippen molar-refractivity contribution in [1.29, 1.82) is 0 Å². The third-order valence-corrected chi connectivity index (χ3v) is 3.39. The van der Waals surface area contributed by atoms with Crippen LogP contribution in [0.5, 0.6) is 5.75 Å². The number of benzene rings is 1. The van der Waals surface area contributed by atoms with Crippen molar-refractivity contribution < 1.29 is 24.5 Å². The summed E-state index contributed by atoms with van der Waals surface area (Å²) in [5.74, 6) is -0.796. The molecular weight excluding hydrogens is 286 g/mol. The van der Waals surface area contributed by atoms with Crippen LogP contribution in [-0.4, -0.2) is 41.3 Å². The van der Waals surface area contributed by atoms with E-state index in [-0.39, 0.29) is 12.3 Å². The van der Waals surface area contributed by atoms with Gasteiger partial charge in [0.05, 0.1) is 13.2 Å². The van der Waals surface area contributed by atoms with Gasteiger partial charge in [0.1, 0.15) is 5.75 Å². The lowest BCUT2D eigenvalue weighted by atomic mass is 10.0. The van der Waals surface area contributed by atoms with Gasteiger partial charge in [-0.05, 0) is 43.9 Å². The molecule has 0 radical (unpaired) electrons. The van der Waals surface area contributed by atoms with Crippen molar-refractivity contribution in [3.8, 4) is 5.75 Å². The van der Waals surface area contributed by atoms with E-state index in [1.807, 2.05) is 25.1 Å². The highest BCUT2D eigenvalue weighted by molar-refractivity contribution is 5.83. The predicted octanol–water partition coefficient (Wildman–Crippen LogP) is 1.28. The summed E-state index contributed by atoms with van der Waals surface area (Å²) in [5, 5.41) is 20.5. The summed E-state index contributed by atoms with van der Waals surface area (Å²) in [6.45, 7) is 3.29. The monoisotopic (exact) mass is 309 g/mol. The summed E-state index contributed by atoms with van der Waals surface area (Å²) in [4.78, 5) is 22.6. The number of nitrogens with one attached hydrogen (secondary N) is 1. The normalized spacial score (nSPS) is 13.3. The van der Waals surface area contributed by atoms with Gasteiger partial charge in [-0.2, -0.15) is 0 Å². The van der Waals surface area contributed by atoms with Gasteiger partial charge in [0.25, 0.3) is 0 Å². The molecule has 2 atom stereocenters. The number of amides is 1. The molecule has 22 heavy (non-hydrogen) atoms. The lowest BCUT2D eigenvalue weighted by molar-refractivity contribution is -0.144. The molecule has 1 amide bonds. The first kappa shape index (κ1) is 18.0. The number of carboxylic acids is 1. The summed E-state index contributed by atoms with van der Waals surface area (Å²) in [7, 11) is 1.62. The van der Waals surface area contributed by atoms with E-state index >= 15 is 0 Å². The van der Waals surface area contributed by atoms with E-state index in [2.05, 4.69) is 5.32 Å². The minimum Gasteiger partial charge on any atom is -0.496 e. The Balaban J connectivity index is 2.45. The highest BCUT2D eigenvalue weighted by atomic mass is 16.5. The number of hydrogen-bond donors (Lipinski definition) is 3. The summed E-state index contributed by atoms with van der Waals surface area (Å²) in [5.41, 5.74) is 2.13. The topological polar surface area (TPSA) is 95.9 Å². The van der Waals surface area contributed by atoms with E-state index in [1.54, 1.807) is 7.11 Å². The Morgan fingerprint density at radius 3 is 2.55 bits per heavy atom. The molecule has 3 N–H and O–H groups in total. The third-order valence-electron chi connectivity index (χ3n) is 3.39. The molecule has 1 rings (SSSR count). The fraction of sp³-hybridized carbons (Fsp3) is 0.500. The number of methoxy groups -OCH3 is 1. The van der Waals surface area contributed by atoms with E-state index in [0.717, 1.165) is 16.9 Å². The summed E-state index contributed by atoms with van der Waals surface area (Å²) in [6.07, 6.45) is 0.390. The number of carbonyl (C=O) groups is 2. The molecule has 0 aromatic heterocycles. The average Bonchev–Trinajstić information content (AvgIpc) is 2.44. The summed E-state index contributed by atoms with van der Waals surface area (Å²) >= 11 is 0. The number of carboxylic acid groups (broad SMARTS) is 1. The molecule has 6 nitrogen and oxygen atoms in total. The lowest BCUT2D eigenvalue weighted by Gasteiger charge is -2.16. The molecule has 0 aliphatic carbocycles. The average molecular weight is 309 g/mol. The second-order valence-corrected chi connectivity index (χ2v) is 5.28. The zero-order chi connectivity index (χ0) is 16.7. The largest absolute Gasteiger partial charge is 0.496 e. The number of aliphatic carboxylic acids is 1. The van der Waals surface area contributed by atoms with Crippen LogP contribution in [0.25, 0.3) is 0 Å². The molecule has 1 aromatic rings. The Kier molecular flexibility index (Phi) is 6.85. The van der Waals surface area contributed by atoms with Crippen LogP contribution in [0.4, 0.5) is 0 Å². The van der Waals surface area contributed by atoms with Gasteiger partial charge >= 0.3 is 5.97 Å². The van der Waals surface area contributed by atoms with Crippen LogP contribution >= 0.6 is 0 Å². The van der Waals surface area contributed by atoms with Gasteiger partial charge in [0, 0.05) is 6.42 Å². The maximum atomic E-state index is 11.7. The molecule has 0 heterocycles. The molecule has 2 unspecified atom stereocenters. The van der Waals surface area contributed by atoms with E-state index in [1.165, 1.54) is 6.92 Å². The van der Waals surface area contributed by atoms with Gasteiger partial charge in [-0.25, -0.2) is 4.79 Å². The minimum atomic E-state index is -1.27. The number of aliphatic hydroxyl groups excluding tert-OH is 1. The van der Waals surface area contributed by atoms with Gasteiger partial charge in [-0.3, -0.25) is 4.79 Å². The first-order valence-electron chi connectivity index (χ1n) is 7.19. The van der Waals surface area contributed by atoms with Gasteiger partial charge in [-0.1, -0.05) is 12.1 Å². The number of carbonyl (C=O) groups excluding carboxylic acids is 1. The van der Waals surface area contributed by atoms with E-state index in [4.69, 9.17) is 9.84 Å².